The second kappa shape index (κ2) is 19.3. The van der Waals surface area contributed by atoms with E-state index in [2.05, 4.69) is 64.4 Å². The molecule has 4 aromatic heterocycles. The van der Waals surface area contributed by atoms with Crippen molar-refractivity contribution in [1.82, 2.24) is 59.8 Å². The molecule has 7 aromatic carbocycles. The fourth-order valence-electron chi connectivity index (χ4n) is 10.4. The van der Waals surface area contributed by atoms with E-state index in [1.54, 1.807) is 6.33 Å². The maximum atomic E-state index is 15.0. The number of benzene rings is 7. The second-order valence-electron chi connectivity index (χ2n) is 18.7. The molecular formula is C63H42N12O. The van der Waals surface area contributed by atoms with Gasteiger partial charge in [-0.1, -0.05) is 165 Å². The van der Waals surface area contributed by atoms with Crippen LogP contribution in [-0.2, 0) is 5.41 Å². The highest BCUT2D eigenvalue weighted by molar-refractivity contribution is 6.14. The summed E-state index contributed by atoms with van der Waals surface area (Å²) in [4.78, 5) is 73.4. The van der Waals surface area contributed by atoms with Gasteiger partial charge in [0.1, 0.15) is 25.3 Å². The molecule has 76 heavy (non-hydrogen) atoms. The van der Waals surface area contributed by atoms with E-state index < -0.39 is 5.41 Å². The lowest BCUT2D eigenvalue weighted by molar-refractivity contribution is 0.103. The summed E-state index contributed by atoms with van der Waals surface area (Å²) in [5, 5.41) is 0. The fourth-order valence-corrected chi connectivity index (χ4v) is 10.4. The Morgan fingerprint density at radius 3 is 1.09 bits per heavy atom. The van der Waals surface area contributed by atoms with Gasteiger partial charge < -0.3 is 0 Å². The van der Waals surface area contributed by atoms with Crippen LogP contribution in [0.5, 0.6) is 0 Å². The van der Waals surface area contributed by atoms with Gasteiger partial charge in [-0.15, -0.1) is 0 Å². The minimum atomic E-state index is -1.27. The van der Waals surface area contributed by atoms with Gasteiger partial charge in [-0.25, -0.2) is 59.8 Å². The lowest BCUT2D eigenvalue weighted by atomic mass is 9.59. The topological polar surface area (TPSA) is 172 Å². The van der Waals surface area contributed by atoms with Crippen molar-refractivity contribution in [2.75, 3.05) is 0 Å². The lowest BCUT2D eigenvalue weighted by Crippen LogP contribution is -2.38. The number of carbonyl (C=O) groups excluding carboxylic acids is 1. The highest BCUT2D eigenvalue weighted by Gasteiger charge is 2.47. The van der Waals surface area contributed by atoms with Gasteiger partial charge in [0.05, 0.1) is 5.41 Å². The van der Waals surface area contributed by atoms with Crippen molar-refractivity contribution >= 4 is 11.4 Å². The van der Waals surface area contributed by atoms with E-state index in [4.69, 9.17) is 44.9 Å². The Hall–Kier alpha value is -10.3. The van der Waals surface area contributed by atoms with E-state index in [1.807, 2.05) is 152 Å². The predicted molar refractivity (Wildman–Crippen MR) is 291 cm³/mol. The minimum absolute atomic E-state index is 0.0966. The smallest absolute Gasteiger partial charge is 0.193 e. The highest BCUT2D eigenvalue weighted by Crippen LogP contribution is 2.53. The molecule has 0 N–H and O–H groups in total. The number of hydrogen-bond acceptors (Lipinski definition) is 13. The van der Waals surface area contributed by atoms with Crippen LogP contribution in [0.15, 0.2) is 219 Å². The first-order valence-electron chi connectivity index (χ1n) is 24.8. The third-order valence-electron chi connectivity index (χ3n) is 13.9. The standard InChI is InChI=1S/C63H42N12O/c1-39-16-15-23-43(28-39)58-67-38-71-62(75-58)47-30-46(61-70-37-66-57(74-61)42-21-9-4-10-22-42)33-49(34-47)63(52-26-13-11-24-50(52)54(76)51-25-12-14-27-53(51)63)48-31-44(59-68-35-64-55(72-59)40-17-5-2-6-18-40)29-45(32-48)60-69-36-65-56(73-60)41-19-7-3-8-20-41/h2-27,29-39H,28H2,1H3. The molecule has 0 saturated heterocycles. The number of rotatable bonds is 10. The summed E-state index contributed by atoms with van der Waals surface area (Å²) in [5.41, 5.74) is 9.03. The number of nitrogens with zero attached hydrogens (tertiary/aromatic N) is 12. The Balaban J connectivity index is 1.13. The Morgan fingerprint density at radius 2 is 0.711 bits per heavy atom. The van der Waals surface area contributed by atoms with Gasteiger partial charge in [-0.05, 0) is 76.6 Å². The molecule has 13 nitrogen and oxygen atoms in total. The summed E-state index contributed by atoms with van der Waals surface area (Å²) in [6.45, 7) is 2.18. The van der Waals surface area contributed by atoms with Gasteiger partial charge in [-0.3, -0.25) is 4.79 Å². The Bertz CT molecular complexity index is 3940. The van der Waals surface area contributed by atoms with Crippen molar-refractivity contribution in [2.24, 2.45) is 5.92 Å². The van der Waals surface area contributed by atoms with Gasteiger partial charge in [0, 0.05) is 50.1 Å². The van der Waals surface area contributed by atoms with Crippen LogP contribution in [0.25, 0.3) is 85.3 Å². The van der Waals surface area contributed by atoms with Gasteiger partial charge >= 0.3 is 0 Å². The van der Waals surface area contributed by atoms with Gasteiger partial charge in [0.25, 0.3) is 0 Å². The van der Waals surface area contributed by atoms with Crippen molar-refractivity contribution in [3.05, 3.63) is 259 Å². The minimum Gasteiger partial charge on any atom is -0.289 e. The van der Waals surface area contributed by atoms with Crippen molar-refractivity contribution in [2.45, 2.75) is 18.8 Å². The Labute approximate surface area is 437 Å². The zero-order valence-corrected chi connectivity index (χ0v) is 40.8. The zero-order valence-electron chi connectivity index (χ0n) is 40.8. The van der Waals surface area contributed by atoms with Crippen LogP contribution in [0, 0.1) is 5.92 Å². The molecule has 1 unspecified atom stereocenters. The molecule has 0 amide bonds. The molecule has 0 saturated carbocycles. The molecule has 0 bridgehead atoms. The molecule has 13 rings (SSSR count). The maximum Gasteiger partial charge on any atom is 0.193 e. The number of fused-ring (bicyclic) bond motifs is 2. The average Bonchev–Trinajstić information content (AvgIpc) is 3.52. The van der Waals surface area contributed by atoms with Crippen molar-refractivity contribution in [3.63, 3.8) is 0 Å². The molecule has 13 heteroatoms. The molecule has 0 fully saturated rings. The average molecular weight is 983 g/mol. The van der Waals surface area contributed by atoms with Crippen molar-refractivity contribution < 1.29 is 4.79 Å². The number of carbonyl (C=O) groups is 1. The summed E-state index contributed by atoms with van der Waals surface area (Å²) in [6, 6.07) is 57.5. The van der Waals surface area contributed by atoms with E-state index in [0.29, 0.717) is 85.9 Å². The van der Waals surface area contributed by atoms with Crippen LogP contribution < -0.4 is 0 Å². The summed E-state index contributed by atoms with van der Waals surface area (Å²) in [6.07, 6.45) is 13.2. The van der Waals surface area contributed by atoms with Crippen LogP contribution in [0.1, 0.15) is 57.3 Å². The number of aromatic nitrogens is 12. The quantitative estimate of drug-likeness (QED) is 0.127. The van der Waals surface area contributed by atoms with Gasteiger partial charge in [0.2, 0.25) is 0 Å². The van der Waals surface area contributed by atoms with Crippen LogP contribution >= 0.6 is 0 Å². The van der Waals surface area contributed by atoms with Crippen LogP contribution in [0.3, 0.4) is 0 Å². The molecule has 0 aliphatic heterocycles. The number of ketones is 1. The van der Waals surface area contributed by atoms with Gasteiger partial charge in [-0.2, -0.15) is 0 Å². The first-order chi connectivity index (χ1) is 37.5. The monoisotopic (exact) mass is 982 g/mol. The highest BCUT2D eigenvalue weighted by atomic mass is 16.1. The lowest BCUT2D eigenvalue weighted by Gasteiger charge is -2.42. The van der Waals surface area contributed by atoms with Crippen molar-refractivity contribution in [1.29, 1.82) is 0 Å². The number of hydrogen-bond donors (Lipinski definition) is 0. The molecule has 11 aromatic rings. The zero-order chi connectivity index (χ0) is 51.0. The molecule has 1 atom stereocenters. The van der Waals surface area contributed by atoms with E-state index in [0.717, 1.165) is 50.9 Å². The second-order valence-corrected chi connectivity index (χ2v) is 18.7. The first kappa shape index (κ1) is 45.6. The molecule has 2 aliphatic carbocycles. The van der Waals surface area contributed by atoms with Crippen molar-refractivity contribution in [3.8, 4) is 79.7 Å². The normalized spacial score (nSPS) is 14.4. The summed E-state index contributed by atoms with van der Waals surface area (Å²) >= 11 is 0. The third-order valence-corrected chi connectivity index (χ3v) is 13.9. The van der Waals surface area contributed by atoms with Crippen LogP contribution in [0.4, 0.5) is 0 Å². The molecular weight excluding hydrogens is 941 g/mol. The SMILES string of the molecule is CC1C=CC=C(c2ncnc(-c3cc(-c4ncnc(-c5ccccc5)n4)cc(C4(c5cc(-c6ncnc(-c7ccccc7)n6)cc(-c6ncnc(-c7ccccc7)n6)c5)c5ccccc5C(=O)c5ccccc54)c3)n2)C1. The largest absolute Gasteiger partial charge is 0.289 e. The van der Waals surface area contributed by atoms with Crippen LogP contribution in [-0.4, -0.2) is 65.6 Å². The maximum absolute atomic E-state index is 15.0. The molecule has 2 aliphatic rings. The van der Waals surface area contributed by atoms with E-state index in [9.17, 15) is 0 Å². The Kier molecular flexibility index (Phi) is 11.6. The summed E-state index contributed by atoms with van der Waals surface area (Å²) < 4.78 is 0. The molecule has 4 heterocycles. The Morgan fingerprint density at radius 1 is 0.382 bits per heavy atom. The van der Waals surface area contributed by atoms with Gasteiger partial charge in [0.15, 0.2) is 52.4 Å². The first-order valence-corrected chi connectivity index (χ1v) is 24.8. The van der Waals surface area contributed by atoms with E-state index in [-0.39, 0.29) is 5.78 Å². The summed E-state index contributed by atoms with van der Waals surface area (Å²) in [5.74, 6) is 4.05. The summed E-state index contributed by atoms with van der Waals surface area (Å²) in [7, 11) is 0. The molecule has 0 spiro atoms. The molecule has 0 radical (unpaired) electrons. The van der Waals surface area contributed by atoms with Crippen LogP contribution in [0.2, 0.25) is 0 Å². The van der Waals surface area contributed by atoms with E-state index in [1.165, 1.54) is 19.0 Å². The third kappa shape index (κ3) is 8.31. The number of allylic oxidation sites excluding steroid dienone is 4. The fraction of sp³-hybridized carbons (Fsp3) is 0.0635. The van der Waals surface area contributed by atoms with E-state index >= 15 is 4.79 Å². The predicted octanol–water partition coefficient (Wildman–Crippen LogP) is 12.0. The molecule has 360 valence electrons.